The molecule has 0 saturated carbocycles. The summed E-state index contributed by atoms with van der Waals surface area (Å²) in [6.45, 7) is 2.90. The SMILES string of the molecule is CCn1ncnc1CC(NC)c1ccccc1OC. The molecule has 5 nitrogen and oxygen atoms in total. The van der Waals surface area contributed by atoms with Crippen molar-refractivity contribution in [2.45, 2.75) is 25.9 Å². The highest BCUT2D eigenvalue weighted by Crippen LogP contribution is 2.26. The molecule has 1 heterocycles. The average Bonchev–Trinajstić information content (AvgIpc) is 2.92. The highest BCUT2D eigenvalue weighted by molar-refractivity contribution is 5.36. The topological polar surface area (TPSA) is 52.0 Å². The molecule has 1 unspecified atom stereocenters. The number of aromatic nitrogens is 3. The van der Waals surface area contributed by atoms with Crippen molar-refractivity contribution < 1.29 is 4.74 Å². The van der Waals surface area contributed by atoms with Gasteiger partial charge in [0, 0.05) is 24.6 Å². The number of rotatable bonds is 6. The number of nitrogens with zero attached hydrogens (tertiary/aromatic N) is 3. The van der Waals surface area contributed by atoms with E-state index >= 15 is 0 Å². The standard InChI is InChI=1S/C14H20N4O/c1-4-18-14(16-10-17-18)9-12(15-2)11-7-5-6-8-13(11)19-3/h5-8,10,12,15H,4,9H2,1-3H3. The predicted octanol–water partition coefficient (Wildman–Crippen LogP) is 1.81. The quantitative estimate of drug-likeness (QED) is 0.860. The van der Waals surface area contributed by atoms with E-state index in [-0.39, 0.29) is 6.04 Å². The lowest BCUT2D eigenvalue weighted by molar-refractivity contribution is 0.399. The third-order valence-electron chi connectivity index (χ3n) is 3.24. The van der Waals surface area contributed by atoms with E-state index in [1.165, 1.54) is 0 Å². The first kappa shape index (κ1) is 13.5. The maximum atomic E-state index is 5.42. The summed E-state index contributed by atoms with van der Waals surface area (Å²) in [7, 11) is 3.64. The van der Waals surface area contributed by atoms with Crippen molar-refractivity contribution in [3.8, 4) is 5.75 Å². The average molecular weight is 260 g/mol. The van der Waals surface area contributed by atoms with Gasteiger partial charge in [0.2, 0.25) is 0 Å². The molecular weight excluding hydrogens is 240 g/mol. The zero-order valence-electron chi connectivity index (χ0n) is 11.6. The van der Waals surface area contributed by atoms with Crippen LogP contribution in [0, 0.1) is 0 Å². The van der Waals surface area contributed by atoms with Gasteiger partial charge in [-0.05, 0) is 20.0 Å². The molecule has 102 valence electrons. The summed E-state index contributed by atoms with van der Waals surface area (Å²) in [5.74, 6) is 1.87. The second kappa shape index (κ2) is 6.33. The van der Waals surface area contributed by atoms with E-state index in [4.69, 9.17) is 4.74 Å². The summed E-state index contributed by atoms with van der Waals surface area (Å²) >= 11 is 0. The molecule has 5 heteroatoms. The number of hydrogen-bond donors (Lipinski definition) is 1. The van der Waals surface area contributed by atoms with Crippen LogP contribution in [0.4, 0.5) is 0 Å². The van der Waals surface area contributed by atoms with Crippen molar-refractivity contribution in [1.82, 2.24) is 20.1 Å². The summed E-state index contributed by atoms with van der Waals surface area (Å²) < 4.78 is 7.34. The lowest BCUT2D eigenvalue weighted by Crippen LogP contribution is -2.21. The molecule has 0 spiro atoms. The summed E-state index contributed by atoms with van der Waals surface area (Å²) in [4.78, 5) is 4.33. The zero-order valence-corrected chi connectivity index (χ0v) is 11.6. The number of methoxy groups -OCH3 is 1. The van der Waals surface area contributed by atoms with Crippen molar-refractivity contribution in [2.24, 2.45) is 0 Å². The molecule has 19 heavy (non-hydrogen) atoms. The Morgan fingerprint density at radius 1 is 1.37 bits per heavy atom. The number of hydrogen-bond acceptors (Lipinski definition) is 4. The number of likely N-dealkylation sites (N-methyl/N-ethyl adjacent to an activating group) is 1. The van der Waals surface area contributed by atoms with Crippen LogP contribution in [0.15, 0.2) is 30.6 Å². The van der Waals surface area contributed by atoms with Gasteiger partial charge in [-0.3, -0.25) is 4.68 Å². The van der Waals surface area contributed by atoms with E-state index in [0.717, 1.165) is 30.1 Å². The highest BCUT2D eigenvalue weighted by atomic mass is 16.5. The van der Waals surface area contributed by atoms with Crippen LogP contribution in [0.3, 0.4) is 0 Å². The second-order valence-electron chi connectivity index (χ2n) is 4.28. The van der Waals surface area contributed by atoms with Crippen LogP contribution in [0.25, 0.3) is 0 Å². The number of ether oxygens (including phenoxy) is 1. The van der Waals surface area contributed by atoms with Crippen molar-refractivity contribution in [1.29, 1.82) is 0 Å². The molecule has 1 aromatic heterocycles. The van der Waals surface area contributed by atoms with Crippen molar-refractivity contribution in [3.63, 3.8) is 0 Å². The van der Waals surface area contributed by atoms with Crippen LogP contribution >= 0.6 is 0 Å². The van der Waals surface area contributed by atoms with Gasteiger partial charge in [-0.2, -0.15) is 5.10 Å². The third kappa shape index (κ3) is 2.93. The lowest BCUT2D eigenvalue weighted by atomic mass is 10.0. The van der Waals surface area contributed by atoms with Gasteiger partial charge >= 0.3 is 0 Å². The van der Waals surface area contributed by atoms with E-state index in [0.29, 0.717) is 0 Å². The largest absolute Gasteiger partial charge is 0.496 e. The Hall–Kier alpha value is -1.88. The van der Waals surface area contributed by atoms with Gasteiger partial charge in [-0.15, -0.1) is 0 Å². The van der Waals surface area contributed by atoms with E-state index in [1.54, 1.807) is 13.4 Å². The smallest absolute Gasteiger partial charge is 0.138 e. The number of para-hydroxylation sites is 1. The van der Waals surface area contributed by atoms with Gasteiger partial charge in [0.05, 0.1) is 7.11 Å². The molecule has 0 aliphatic heterocycles. The maximum Gasteiger partial charge on any atom is 0.138 e. The normalized spacial score (nSPS) is 12.4. The fourth-order valence-corrected chi connectivity index (χ4v) is 2.21. The molecule has 0 fully saturated rings. The molecule has 0 saturated heterocycles. The Morgan fingerprint density at radius 2 is 2.16 bits per heavy atom. The second-order valence-corrected chi connectivity index (χ2v) is 4.28. The van der Waals surface area contributed by atoms with Crippen LogP contribution in [0.2, 0.25) is 0 Å². The van der Waals surface area contributed by atoms with E-state index in [9.17, 15) is 0 Å². The maximum absolute atomic E-state index is 5.42. The van der Waals surface area contributed by atoms with E-state index in [2.05, 4.69) is 28.4 Å². The van der Waals surface area contributed by atoms with Gasteiger partial charge in [0.25, 0.3) is 0 Å². The lowest BCUT2D eigenvalue weighted by Gasteiger charge is -2.19. The number of benzene rings is 1. The van der Waals surface area contributed by atoms with Crippen LogP contribution in [-0.2, 0) is 13.0 Å². The van der Waals surface area contributed by atoms with Gasteiger partial charge < -0.3 is 10.1 Å². The summed E-state index contributed by atoms with van der Waals surface area (Å²) in [5.41, 5.74) is 1.14. The summed E-state index contributed by atoms with van der Waals surface area (Å²) in [6.07, 6.45) is 2.39. The Kier molecular flexibility index (Phi) is 4.52. The van der Waals surface area contributed by atoms with Gasteiger partial charge in [0.15, 0.2) is 0 Å². The minimum absolute atomic E-state index is 0.158. The van der Waals surface area contributed by atoms with Crippen LogP contribution in [0.5, 0.6) is 5.75 Å². The van der Waals surface area contributed by atoms with Gasteiger partial charge in [-0.1, -0.05) is 18.2 Å². The molecule has 0 aliphatic carbocycles. The van der Waals surface area contributed by atoms with E-state index < -0.39 is 0 Å². The van der Waals surface area contributed by atoms with Gasteiger partial charge in [0.1, 0.15) is 17.9 Å². The van der Waals surface area contributed by atoms with E-state index in [1.807, 2.05) is 29.9 Å². The minimum atomic E-state index is 0.158. The minimum Gasteiger partial charge on any atom is -0.496 e. The molecule has 0 amide bonds. The first-order valence-electron chi connectivity index (χ1n) is 6.47. The predicted molar refractivity (Wildman–Crippen MR) is 74.2 cm³/mol. The number of aryl methyl sites for hydroxylation is 1. The molecule has 0 bridgehead atoms. The van der Waals surface area contributed by atoms with Gasteiger partial charge in [-0.25, -0.2) is 4.98 Å². The molecular formula is C14H20N4O. The van der Waals surface area contributed by atoms with Crippen LogP contribution < -0.4 is 10.1 Å². The first-order valence-corrected chi connectivity index (χ1v) is 6.47. The number of nitrogens with one attached hydrogen (secondary N) is 1. The Morgan fingerprint density at radius 3 is 2.84 bits per heavy atom. The zero-order chi connectivity index (χ0) is 13.7. The molecule has 0 radical (unpaired) electrons. The van der Waals surface area contributed by atoms with Crippen LogP contribution in [-0.4, -0.2) is 28.9 Å². The molecule has 2 rings (SSSR count). The van der Waals surface area contributed by atoms with Crippen molar-refractivity contribution in [2.75, 3.05) is 14.2 Å². The van der Waals surface area contributed by atoms with Crippen molar-refractivity contribution in [3.05, 3.63) is 42.0 Å². The Balaban J connectivity index is 2.25. The molecule has 1 aromatic carbocycles. The fourth-order valence-electron chi connectivity index (χ4n) is 2.21. The molecule has 1 N–H and O–H groups in total. The Bertz CT molecular complexity index is 524. The summed E-state index contributed by atoms with van der Waals surface area (Å²) in [6, 6.07) is 8.21. The van der Waals surface area contributed by atoms with Crippen LogP contribution in [0.1, 0.15) is 24.4 Å². The summed E-state index contributed by atoms with van der Waals surface area (Å²) in [5, 5.41) is 7.53. The molecule has 1 atom stereocenters. The molecule has 2 aromatic rings. The third-order valence-corrected chi connectivity index (χ3v) is 3.24. The highest BCUT2D eigenvalue weighted by Gasteiger charge is 2.17. The monoisotopic (exact) mass is 260 g/mol. The fraction of sp³-hybridized carbons (Fsp3) is 0.429. The molecule has 0 aliphatic rings. The Labute approximate surface area is 113 Å². The first-order chi connectivity index (χ1) is 9.30. The van der Waals surface area contributed by atoms with Crippen molar-refractivity contribution >= 4 is 0 Å².